The number of rotatable bonds is 3. The van der Waals surface area contributed by atoms with Gasteiger partial charge in [-0.15, -0.1) is 0 Å². The summed E-state index contributed by atoms with van der Waals surface area (Å²) in [4.78, 5) is 16.5. The van der Waals surface area contributed by atoms with Gasteiger partial charge in [0, 0.05) is 27.8 Å². The maximum atomic E-state index is 13.0. The van der Waals surface area contributed by atoms with Gasteiger partial charge in [0.15, 0.2) is 5.78 Å². The van der Waals surface area contributed by atoms with E-state index in [0.717, 1.165) is 17.0 Å². The third kappa shape index (κ3) is 3.47. The molecule has 19 heavy (non-hydrogen) atoms. The van der Waals surface area contributed by atoms with Gasteiger partial charge in [0.05, 0.1) is 0 Å². The summed E-state index contributed by atoms with van der Waals surface area (Å²) in [6, 6.07) is 7.89. The van der Waals surface area contributed by atoms with E-state index in [2.05, 4.69) is 20.9 Å². The van der Waals surface area contributed by atoms with E-state index < -0.39 is 0 Å². The van der Waals surface area contributed by atoms with Crippen LogP contribution in [0.2, 0.25) is 0 Å². The number of aryl methyl sites for hydroxylation is 2. The molecular weight excluding hydrogens is 309 g/mol. The Hall–Kier alpha value is -1.55. The second-order valence-electron chi connectivity index (χ2n) is 4.47. The molecular formula is C15H13BrFNO. The van der Waals surface area contributed by atoms with Gasteiger partial charge in [-0.2, -0.15) is 0 Å². The highest BCUT2D eigenvalue weighted by Gasteiger charge is 2.11. The first-order valence-electron chi connectivity index (χ1n) is 5.88. The molecule has 0 unspecified atom stereocenters. The predicted molar refractivity (Wildman–Crippen MR) is 75.8 cm³/mol. The number of hydrogen-bond acceptors (Lipinski definition) is 2. The van der Waals surface area contributed by atoms with Crippen LogP contribution in [0.1, 0.15) is 27.3 Å². The lowest BCUT2D eigenvalue weighted by Gasteiger charge is -2.06. The van der Waals surface area contributed by atoms with Crippen molar-refractivity contribution in [3.05, 3.63) is 63.1 Å². The fourth-order valence-corrected chi connectivity index (χ4v) is 2.43. The standard InChI is InChI=1S/C15H13BrFNO/c1-9-5-12(6-10(2)18-9)15(19)7-11-3-4-13(17)8-14(11)16/h3-6,8H,7H2,1-2H3. The van der Waals surface area contributed by atoms with E-state index in [1.54, 1.807) is 18.2 Å². The van der Waals surface area contributed by atoms with Gasteiger partial charge in [0.2, 0.25) is 0 Å². The van der Waals surface area contributed by atoms with Gasteiger partial charge in [-0.05, 0) is 43.7 Å². The largest absolute Gasteiger partial charge is 0.294 e. The van der Waals surface area contributed by atoms with Crippen LogP contribution in [-0.4, -0.2) is 10.8 Å². The summed E-state index contributed by atoms with van der Waals surface area (Å²) in [5.41, 5.74) is 3.06. The number of ketones is 1. The van der Waals surface area contributed by atoms with Crippen molar-refractivity contribution in [3.63, 3.8) is 0 Å². The van der Waals surface area contributed by atoms with Gasteiger partial charge in [0.25, 0.3) is 0 Å². The molecule has 98 valence electrons. The Labute approximate surface area is 119 Å². The van der Waals surface area contributed by atoms with Crippen LogP contribution in [0.15, 0.2) is 34.8 Å². The van der Waals surface area contributed by atoms with E-state index in [4.69, 9.17) is 0 Å². The number of Topliss-reactive ketones (excluding diaryl/α,β-unsaturated/α-hetero) is 1. The zero-order valence-corrected chi connectivity index (χ0v) is 12.3. The van der Waals surface area contributed by atoms with E-state index in [9.17, 15) is 9.18 Å². The number of aromatic nitrogens is 1. The Morgan fingerprint density at radius 2 is 1.84 bits per heavy atom. The zero-order chi connectivity index (χ0) is 14.0. The smallest absolute Gasteiger partial charge is 0.167 e. The molecule has 0 saturated carbocycles. The molecule has 0 bridgehead atoms. The van der Waals surface area contributed by atoms with Gasteiger partial charge < -0.3 is 0 Å². The SMILES string of the molecule is Cc1cc(C(=O)Cc2ccc(F)cc2Br)cc(C)n1. The Kier molecular flexibility index (Phi) is 4.10. The fourth-order valence-electron chi connectivity index (χ4n) is 1.94. The van der Waals surface area contributed by atoms with Gasteiger partial charge in [-0.25, -0.2) is 4.39 Å². The topological polar surface area (TPSA) is 30.0 Å². The molecule has 0 amide bonds. The molecule has 0 saturated heterocycles. The van der Waals surface area contributed by atoms with Gasteiger partial charge >= 0.3 is 0 Å². The van der Waals surface area contributed by atoms with Crippen molar-refractivity contribution in [2.45, 2.75) is 20.3 Å². The van der Waals surface area contributed by atoms with Crippen LogP contribution in [-0.2, 0) is 6.42 Å². The van der Waals surface area contributed by atoms with E-state index in [0.29, 0.717) is 10.0 Å². The van der Waals surface area contributed by atoms with Crippen LogP contribution >= 0.6 is 15.9 Å². The van der Waals surface area contributed by atoms with E-state index in [1.165, 1.54) is 12.1 Å². The summed E-state index contributed by atoms with van der Waals surface area (Å²) in [5, 5.41) is 0. The molecule has 1 aromatic carbocycles. The second kappa shape index (κ2) is 5.61. The van der Waals surface area contributed by atoms with Crippen LogP contribution in [0.4, 0.5) is 4.39 Å². The summed E-state index contributed by atoms with van der Waals surface area (Å²) < 4.78 is 13.6. The molecule has 0 aliphatic rings. The molecule has 0 aliphatic heterocycles. The highest BCUT2D eigenvalue weighted by atomic mass is 79.9. The second-order valence-corrected chi connectivity index (χ2v) is 5.33. The molecule has 2 rings (SSSR count). The first-order chi connectivity index (χ1) is 8.95. The number of halogens is 2. The van der Waals surface area contributed by atoms with Crippen LogP contribution in [0.25, 0.3) is 0 Å². The Morgan fingerprint density at radius 3 is 2.42 bits per heavy atom. The van der Waals surface area contributed by atoms with Crippen LogP contribution in [0.5, 0.6) is 0 Å². The van der Waals surface area contributed by atoms with Crippen LogP contribution in [0.3, 0.4) is 0 Å². The number of hydrogen-bond donors (Lipinski definition) is 0. The lowest BCUT2D eigenvalue weighted by Crippen LogP contribution is -2.06. The number of carbonyl (C=O) groups excluding carboxylic acids is 1. The molecule has 0 aliphatic carbocycles. The van der Waals surface area contributed by atoms with Gasteiger partial charge in [0.1, 0.15) is 5.82 Å². The first-order valence-corrected chi connectivity index (χ1v) is 6.67. The van der Waals surface area contributed by atoms with E-state index in [1.807, 2.05) is 13.8 Å². The molecule has 1 heterocycles. The molecule has 0 N–H and O–H groups in total. The minimum Gasteiger partial charge on any atom is -0.294 e. The molecule has 0 spiro atoms. The van der Waals surface area contributed by atoms with Crippen molar-refractivity contribution >= 4 is 21.7 Å². The maximum absolute atomic E-state index is 13.0. The number of benzene rings is 1. The Morgan fingerprint density at radius 1 is 1.21 bits per heavy atom. The summed E-state index contributed by atoms with van der Waals surface area (Å²) in [6.07, 6.45) is 0.240. The van der Waals surface area contributed by atoms with Crippen LogP contribution in [0, 0.1) is 19.7 Å². The molecule has 4 heteroatoms. The van der Waals surface area contributed by atoms with Crippen molar-refractivity contribution in [1.82, 2.24) is 4.98 Å². The number of carbonyl (C=O) groups is 1. The highest BCUT2D eigenvalue weighted by molar-refractivity contribution is 9.10. The quantitative estimate of drug-likeness (QED) is 0.799. The summed E-state index contributed by atoms with van der Waals surface area (Å²) in [5.74, 6) is -0.320. The minimum atomic E-state index is -0.321. The normalized spacial score (nSPS) is 10.5. The van der Waals surface area contributed by atoms with E-state index >= 15 is 0 Å². The fraction of sp³-hybridized carbons (Fsp3) is 0.200. The lowest BCUT2D eigenvalue weighted by atomic mass is 10.0. The summed E-state index contributed by atoms with van der Waals surface area (Å²) in [7, 11) is 0. The Balaban J connectivity index is 2.25. The summed E-state index contributed by atoms with van der Waals surface area (Å²) >= 11 is 3.27. The monoisotopic (exact) mass is 321 g/mol. The molecule has 2 aromatic rings. The molecule has 1 aromatic heterocycles. The van der Waals surface area contributed by atoms with E-state index in [-0.39, 0.29) is 18.0 Å². The zero-order valence-electron chi connectivity index (χ0n) is 10.7. The average molecular weight is 322 g/mol. The number of pyridine rings is 1. The van der Waals surface area contributed by atoms with Crippen molar-refractivity contribution < 1.29 is 9.18 Å². The third-order valence-electron chi connectivity index (χ3n) is 2.77. The van der Waals surface area contributed by atoms with Crippen molar-refractivity contribution in [2.24, 2.45) is 0 Å². The van der Waals surface area contributed by atoms with Crippen molar-refractivity contribution in [2.75, 3.05) is 0 Å². The minimum absolute atomic E-state index is 0.000841. The van der Waals surface area contributed by atoms with Crippen molar-refractivity contribution in [3.8, 4) is 0 Å². The maximum Gasteiger partial charge on any atom is 0.167 e. The first kappa shape index (κ1) is 13.9. The molecule has 0 atom stereocenters. The predicted octanol–water partition coefficient (Wildman–Crippen LogP) is 4.03. The molecule has 0 radical (unpaired) electrons. The third-order valence-corrected chi connectivity index (χ3v) is 3.51. The Bertz CT molecular complexity index is 620. The van der Waals surface area contributed by atoms with Gasteiger partial charge in [-0.3, -0.25) is 9.78 Å². The van der Waals surface area contributed by atoms with Gasteiger partial charge in [-0.1, -0.05) is 22.0 Å². The molecule has 0 fully saturated rings. The highest BCUT2D eigenvalue weighted by Crippen LogP contribution is 2.20. The van der Waals surface area contributed by atoms with Crippen LogP contribution < -0.4 is 0 Å². The summed E-state index contributed by atoms with van der Waals surface area (Å²) in [6.45, 7) is 3.72. The lowest BCUT2D eigenvalue weighted by molar-refractivity contribution is 0.0992. The molecule has 2 nitrogen and oxygen atoms in total. The van der Waals surface area contributed by atoms with Crippen molar-refractivity contribution in [1.29, 1.82) is 0 Å². The number of nitrogens with zero attached hydrogens (tertiary/aromatic N) is 1. The average Bonchev–Trinajstić information content (AvgIpc) is 2.31.